The Morgan fingerprint density at radius 1 is 1.26 bits per heavy atom. The van der Waals surface area contributed by atoms with Crippen molar-refractivity contribution in [2.45, 2.75) is 13.8 Å². The van der Waals surface area contributed by atoms with Crippen molar-refractivity contribution in [3.63, 3.8) is 0 Å². The summed E-state index contributed by atoms with van der Waals surface area (Å²) in [5.74, 6) is 0.0189. The third-order valence-electron chi connectivity index (χ3n) is 2.81. The van der Waals surface area contributed by atoms with Crippen molar-refractivity contribution in [1.29, 1.82) is 0 Å². The molecule has 0 amide bonds. The number of nitrogens with two attached hydrogens (primary N) is 1. The predicted molar refractivity (Wildman–Crippen MR) is 81.4 cm³/mol. The third kappa shape index (κ3) is 4.88. The molecule has 19 heavy (non-hydrogen) atoms. The fourth-order valence-electron chi connectivity index (χ4n) is 1.90. The lowest BCUT2D eigenvalue weighted by Crippen LogP contribution is -2.34. The molecule has 0 aliphatic rings. The van der Waals surface area contributed by atoms with Crippen LogP contribution in [-0.2, 0) is 0 Å². The molecule has 0 aliphatic carbocycles. The van der Waals surface area contributed by atoms with Crippen LogP contribution < -0.4 is 10.6 Å². The average Bonchev–Trinajstić information content (AvgIpc) is 2.29. The van der Waals surface area contributed by atoms with Crippen molar-refractivity contribution in [1.82, 2.24) is 4.90 Å². The molecule has 1 rings (SSSR count). The molecule has 0 aromatic heterocycles. The van der Waals surface area contributed by atoms with Gasteiger partial charge in [0.25, 0.3) is 0 Å². The molecule has 0 heterocycles. The fourth-order valence-corrected chi connectivity index (χ4v) is 2.06. The third-order valence-corrected chi connectivity index (χ3v) is 3.10. The van der Waals surface area contributed by atoms with Crippen molar-refractivity contribution < 1.29 is 4.39 Å². The maximum Gasteiger partial charge on any atom is 0.143 e. The van der Waals surface area contributed by atoms with Crippen molar-refractivity contribution in [2.75, 3.05) is 44.4 Å². The van der Waals surface area contributed by atoms with Crippen molar-refractivity contribution in [2.24, 2.45) is 5.92 Å². The summed E-state index contributed by atoms with van der Waals surface area (Å²) in [7, 11) is 4.04. The number of nitrogens with zero attached hydrogens (tertiary/aromatic N) is 2. The Morgan fingerprint density at radius 2 is 1.89 bits per heavy atom. The first-order chi connectivity index (χ1) is 8.81. The van der Waals surface area contributed by atoms with Gasteiger partial charge in [-0.3, -0.25) is 0 Å². The SMILES string of the molecule is CC(C)CN(CCN(C)C)c1cc(Cl)c(F)cc1N. The summed E-state index contributed by atoms with van der Waals surface area (Å²) in [4.78, 5) is 4.26. The standard InChI is InChI=1S/C14H23ClFN3/c1-10(2)9-19(6-5-18(3)4)14-7-11(15)12(16)8-13(14)17/h7-8,10H,5-6,9,17H2,1-4H3. The molecule has 108 valence electrons. The van der Waals surface area contributed by atoms with Crippen LogP contribution in [0.2, 0.25) is 5.02 Å². The first-order valence-electron chi connectivity index (χ1n) is 6.45. The van der Waals surface area contributed by atoms with Crippen LogP contribution in [0.1, 0.15) is 13.8 Å². The number of rotatable bonds is 6. The molecule has 0 saturated heterocycles. The largest absolute Gasteiger partial charge is 0.397 e. The molecule has 3 nitrogen and oxygen atoms in total. The highest BCUT2D eigenvalue weighted by molar-refractivity contribution is 6.31. The summed E-state index contributed by atoms with van der Waals surface area (Å²) < 4.78 is 13.4. The second-order valence-corrected chi connectivity index (χ2v) is 5.88. The monoisotopic (exact) mass is 287 g/mol. The van der Waals surface area contributed by atoms with Crippen LogP contribution >= 0.6 is 11.6 Å². The molecule has 0 radical (unpaired) electrons. The van der Waals surface area contributed by atoms with Crippen LogP contribution in [0, 0.1) is 11.7 Å². The maximum atomic E-state index is 13.4. The second kappa shape index (κ2) is 6.96. The summed E-state index contributed by atoms with van der Waals surface area (Å²) in [5, 5.41) is 0.114. The molecule has 0 bridgehead atoms. The first-order valence-corrected chi connectivity index (χ1v) is 6.83. The van der Waals surface area contributed by atoms with Crippen molar-refractivity contribution >= 4 is 23.0 Å². The summed E-state index contributed by atoms with van der Waals surface area (Å²) >= 11 is 5.86. The van der Waals surface area contributed by atoms with Crippen LogP contribution in [-0.4, -0.2) is 38.6 Å². The zero-order valence-electron chi connectivity index (χ0n) is 12.1. The van der Waals surface area contributed by atoms with E-state index in [4.69, 9.17) is 17.3 Å². The van der Waals surface area contributed by atoms with Crippen LogP contribution in [0.5, 0.6) is 0 Å². The summed E-state index contributed by atoms with van der Waals surface area (Å²) in [6.45, 7) is 6.88. The molecule has 0 saturated carbocycles. The van der Waals surface area contributed by atoms with Gasteiger partial charge in [-0.15, -0.1) is 0 Å². The minimum Gasteiger partial charge on any atom is -0.397 e. The molecule has 0 aliphatic heterocycles. The van der Waals surface area contributed by atoms with E-state index in [1.165, 1.54) is 6.07 Å². The van der Waals surface area contributed by atoms with Gasteiger partial charge >= 0.3 is 0 Å². The minimum absolute atomic E-state index is 0.114. The van der Waals surface area contributed by atoms with E-state index in [-0.39, 0.29) is 5.02 Å². The van der Waals surface area contributed by atoms with Gasteiger partial charge in [0.15, 0.2) is 0 Å². The molecular weight excluding hydrogens is 265 g/mol. The van der Waals surface area contributed by atoms with E-state index in [9.17, 15) is 4.39 Å². The van der Waals surface area contributed by atoms with Crippen molar-refractivity contribution in [3.8, 4) is 0 Å². The first kappa shape index (κ1) is 16.1. The minimum atomic E-state index is -0.472. The quantitative estimate of drug-likeness (QED) is 0.816. The van der Waals surface area contributed by atoms with Gasteiger partial charge in [0.2, 0.25) is 0 Å². The van der Waals surface area contributed by atoms with Gasteiger partial charge < -0.3 is 15.5 Å². The Labute approximate surface area is 120 Å². The smallest absolute Gasteiger partial charge is 0.143 e. The fraction of sp³-hybridized carbons (Fsp3) is 0.571. The Kier molecular flexibility index (Phi) is 5.88. The number of anilines is 2. The Balaban J connectivity index is 2.99. The second-order valence-electron chi connectivity index (χ2n) is 5.47. The van der Waals surface area contributed by atoms with E-state index in [0.29, 0.717) is 11.6 Å². The van der Waals surface area contributed by atoms with E-state index in [2.05, 4.69) is 23.6 Å². The highest BCUT2D eigenvalue weighted by Crippen LogP contribution is 2.29. The van der Waals surface area contributed by atoms with Crippen LogP contribution in [0.15, 0.2) is 12.1 Å². The number of likely N-dealkylation sites (N-methyl/N-ethyl adjacent to an activating group) is 1. The molecule has 0 spiro atoms. The molecule has 1 aromatic carbocycles. The molecule has 0 unspecified atom stereocenters. The molecule has 1 aromatic rings. The normalized spacial score (nSPS) is 11.4. The topological polar surface area (TPSA) is 32.5 Å². The van der Waals surface area contributed by atoms with Gasteiger partial charge in [0.05, 0.1) is 16.4 Å². The zero-order valence-corrected chi connectivity index (χ0v) is 12.8. The van der Waals surface area contributed by atoms with Gasteiger partial charge in [-0.05, 0) is 26.1 Å². The predicted octanol–water partition coefficient (Wildman–Crippen LogP) is 3.09. The number of nitrogen functional groups attached to an aromatic ring is 1. The van der Waals surface area contributed by atoms with E-state index in [1.807, 2.05) is 14.1 Å². The Bertz CT molecular complexity index is 421. The molecule has 0 atom stereocenters. The van der Waals surface area contributed by atoms with Crippen LogP contribution in [0.3, 0.4) is 0 Å². The van der Waals surface area contributed by atoms with Crippen LogP contribution in [0.4, 0.5) is 15.8 Å². The Morgan fingerprint density at radius 3 is 2.42 bits per heavy atom. The average molecular weight is 288 g/mol. The maximum absolute atomic E-state index is 13.4. The number of halogens is 2. The van der Waals surface area contributed by atoms with E-state index >= 15 is 0 Å². The number of benzene rings is 1. The highest BCUT2D eigenvalue weighted by Gasteiger charge is 2.14. The highest BCUT2D eigenvalue weighted by atomic mass is 35.5. The number of hydrogen-bond acceptors (Lipinski definition) is 3. The molecule has 2 N–H and O–H groups in total. The summed E-state index contributed by atoms with van der Waals surface area (Å²) in [6.07, 6.45) is 0. The lowest BCUT2D eigenvalue weighted by atomic mass is 10.1. The van der Waals surface area contributed by atoms with Gasteiger partial charge in [-0.25, -0.2) is 4.39 Å². The van der Waals surface area contributed by atoms with E-state index < -0.39 is 5.82 Å². The lowest BCUT2D eigenvalue weighted by molar-refractivity contribution is 0.409. The summed E-state index contributed by atoms with van der Waals surface area (Å²) in [5.41, 5.74) is 7.16. The van der Waals surface area contributed by atoms with Gasteiger partial charge in [0.1, 0.15) is 5.82 Å². The zero-order chi connectivity index (χ0) is 14.6. The van der Waals surface area contributed by atoms with E-state index in [0.717, 1.165) is 25.3 Å². The number of hydrogen-bond donors (Lipinski definition) is 1. The lowest BCUT2D eigenvalue weighted by Gasteiger charge is -2.29. The van der Waals surface area contributed by atoms with Crippen LogP contribution in [0.25, 0.3) is 0 Å². The molecular formula is C14H23ClFN3. The van der Waals surface area contributed by atoms with E-state index in [1.54, 1.807) is 6.07 Å². The Hall–Kier alpha value is -1.00. The van der Waals surface area contributed by atoms with Gasteiger partial charge in [0, 0.05) is 25.7 Å². The van der Waals surface area contributed by atoms with Gasteiger partial charge in [-0.2, -0.15) is 0 Å². The van der Waals surface area contributed by atoms with Crippen molar-refractivity contribution in [3.05, 3.63) is 23.0 Å². The summed E-state index contributed by atoms with van der Waals surface area (Å²) in [6, 6.07) is 2.91. The molecule has 0 fully saturated rings. The van der Waals surface area contributed by atoms with Gasteiger partial charge in [-0.1, -0.05) is 25.4 Å². The molecule has 5 heteroatoms.